The molecule has 0 unspecified atom stereocenters. The Balaban J connectivity index is 1.22. The van der Waals surface area contributed by atoms with Crippen molar-refractivity contribution in [2.45, 2.75) is 82.3 Å². The van der Waals surface area contributed by atoms with Crippen LogP contribution in [-0.2, 0) is 4.79 Å². The highest BCUT2D eigenvalue weighted by molar-refractivity contribution is 5.80. The van der Waals surface area contributed by atoms with Gasteiger partial charge in [-0.05, 0) is 63.2 Å². The van der Waals surface area contributed by atoms with Crippen LogP contribution in [0, 0.1) is 17.8 Å². The Kier molecular flexibility index (Phi) is 4.88. The van der Waals surface area contributed by atoms with Crippen LogP contribution in [0.5, 0.6) is 0 Å². The zero-order chi connectivity index (χ0) is 16.6. The van der Waals surface area contributed by atoms with Gasteiger partial charge in [0.2, 0.25) is 5.91 Å². The van der Waals surface area contributed by atoms with Gasteiger partial charge in [-0.3, -0.25) is 4.79 Å². The molecule has 1 saturated heterocycles. The lowest BCUT2D eigenvalue weighted by Crippen LogP contribution is -2.51. The van der Waals surface area contributed by atoms with Gasteiger partial charge in [0.1, 0.15) is 0 Å². The maximum Gasteiger partial charge on any atom is 0.223 e. The normalized spacial score (nSPS) is 28.9. The minimum atomic E-state index is -0.447. The molecule has 0 spiro atoms. The Bertz CT molecular complexity index is 433. The van der Waals surface area contributed by atoms with Crippen LogP contribution < -0.4 is 5.32 Å². The fourth-order valence-electron chi connectivity index (χ4n) is 5.04. The third kappa shape index (κ3) is 4.13. The molecule has 4 fully saturated rings. The monoisotopic (exact) mass is 334 g/mol. The molecule has 24 heavy (non-hydrogen) atoms. The molecule has 1 aliphatic heterocycles. The number of nitrogens with zero attached hydrogens (tertiary/aromatic N) is 1. The summed E-state index contributed by atoms with van der Waals surface area (Å²) in [5.74, 6) is 2.06. The Morgan fingerprint density at radius 3 is 2.12 bits per heavy atom. The van der Waals surface area contributed by atoms with Gasteiger partial charge in [-0.1, -0.05) is 19.3 Å². The number of hydrogen-bond donors (Lipinski definition) is 2. The predicted octanol–water partition coefficient (Wildman–Crippen LogP) is 2.70. The van der Waals surface area contributed by atoms with Crippen LogP contribution in [0.4, 0.5) is 0 Å². The third-order valence-electron chi connectivity index (χ3n) is 6.80. The van der Waals surface area contributed by atoms with Gasteiger partial charge in [0.05, 0.1) is 5.60 Å². The zero-order valence-electron chi connectivity index (χ0n) is 15.0. The molecule has 3 saturated carbocycles. The summed E-state index contributed by atoms with van der Waals surface area (Å²) < 4.78 is 0. The first-order valence-electron chi connectivity index (χ1n) is 10.4. The van der Waals surface area contributed by atoms with E-state index >= 15 is 0 Å². The van der Waals surface area contributed by atoms with Gasteiger partial charge in [0.25, 0.3) is 0 Å². The van der Waals surface area contributed by atoms with Crippen LogP contribution >= 0.6 is 0 Å². The van der Waals surface area contributed by atoms with Gasteiger partial charge in [0, 0.05) is 31.6 Å². The molecular weight excluding hydrogens is 300 g/mol. The van der Waals surface area contributed by atoms with E-state index in [4.69, 9.17) is 0 Å². The quantitative estimate of drug-likeness (QED) is 0.785. The largest absolute Gasteiger partial charge is 0.389 e. The van der Waals surface area contributed by atoms with Crippen molar-refractivity contribution >= 4 is 5.91 Å². The summed E-state index contributed by atoms with van der Waals surface area (Å²) in [6, 6.07) is 0.356. The number of β-amino-alcohol motifs (C(OH)–C–C–N with tert-alkyl or cyclic N) is 1. The molecule has 136 valence electrons. The van der Waals surface area contributed by atoms with E-state index in [2.05, 4.69) is 10.2 Å². The highest BCUT2D eigenvalue weighted by atomic mass is 16.3. The Morgan fingerprint density at radius 2 is 1.58 bits per heavy atom. The Morgan fingerprint density at radius 1 is 1.00 bits per heavy atom. The molecule has 1 amide bonds. The second-order valence-electron chi connectivity index (χ2n) is 9.04. The smallest absolute Gasteiger partial charge is 0.223 e. The number of likely N-dealkylation sites (tertiary alicyclic amines) is 1. The minimum absolute atomic E-state index is 0.325. The lowest BCUT2D eigenvalue weighted by atomic mass is 9.84. The van der Waals surface area contributed by atoms with E-state index in [0.717, 1.165) is 45.3 Å². The van der Waals surface area contributed by atoms with Crippen LogP contribution in [0.15, 0.2) is 0 Å². The van der Waals surface area contributed by atoms with E-state index in [1.54, 1.807) is 0 Å². The molecular formula is C20H34N2O2. The summed E-state index contributed by atoms with van der Waals surface area (Å²) in [6.45, 7) is 2.87. The summed E-state index contributed by atoms with van der Waals surface area (Å²) in [4.78, 5) is 15.1. The van der Waals surface area contributed by atoms with Crippen molar-refractivity contribution < 1.29 is 9.90 Å². The summed E-state index contributed by atoms with van der Waals surface area (Å²) in [5.41, 5.74) is -0.447. The summed E-state index contributed by atoms with van der Waals surface area (Å²) in [5, 5.41) is 14.1. The summed E-state index contributed by atoms with van der Waals surface area (Å²) in [7, 11) is 0. The van der Waals surface area contributed by atoms with E-state index in [-0.39, 0.29) is 0 Å². The molecule has 1 heterocycles. The van der Waals surface area contributed by atoms with Crippen molar-refractivity contribution in [1.82, 2.24) is 10.2 Å². The van der Waals surface area contributed by atoms with Gasteiger partial charge >= 0.3 is 0 Å². The van der Waals surface area contributed by atoms with E-state index in [9.17, 15) is 9.90 Å². The van der Waals surface area contributed by atoms with Crippen molar-refractivity contribution in [2.24, 2.45) is 17.8 Å². The first-order valence-corrected chi connectivity index (χ1v) is 10.4. The molecule has 4 nitrogen and oxygen atoms in total. The highest BCUT2D eigenvalue weighted by Crippen LogP contribution is 2.49. The maximum absolute atomic E-state index is 12.7. The highest BCUT2D eigenvalue weighted by Gasteiger charge is 2.46. The molecule has 0 aromatic carbocycles. The van der Waals surface area contributed by atoms with Crippen LogP contribution in [-0.4, -0.2) is 47.2 Å². The minimum Gasteiger partial charge on any atom is -0.389 e. The molecule has 0 aromatic heterocycles. The fraction of sp³-hybridized carbons (Fsp3) is 0.950. The van der Waals surface area contributed by atoms with Crippen molar-refractivity contribution in [2.75, 3.05) is 19.6 Å². The SMILES string of the molecule is O=C(NC1CCN(CC2(O)CCCCC2)CC1)C(C1CC1)C1CC1. The van der Waals surface area contributed by atoms with Crippen molar-refractivity contribution in [1.29, 1.82) is 0 Å². The Labute approximate surface area is 146 Å². The zero-order valence-corrected chi connectivity index (χ0v) is 15.0. The van der Waals surface area contributed by atoms with Crippen LogP contribution in [0.3, 0.4) is 0 Å². The lowest BCUT2D eigenvalue weighted by molar-refractivity contribution is -0.127. The number of hydrogen-bond acceptors (Lipinski definition) is 3. The van der Waals surface area contributed by atoms with Crippen molar-refractivity contribution in [3.63, 3.8) is 0 Å². The summed E-state index contributed by atoms with van der Waals surface area (Å²) >= 11 is 0. The molecule has 4 aliphatic rings. The first kappa shape index (κ1) is 16.8. The maximum atomic E-state index is 12.7. The molecule has 2 N–H and O–H groups in total. The van der Waals surface area contributed by atoms with Gasteiger partial charge in [-0.15, -0.1) is 0 Å². The molecule has 4 rings (SSSR count). The van der Waals surface area contributed by atoms with E-state index in [1.807, 2.05) is 0 Å². The standard InChI is InChI=1S/C20H34N2O2/c23-19(18(15-4-5-15)16-6-7-16)21-17-8-12-22(13-9-17)14-20(24)10-2-1-3-11-20/h15-18,24H,1-14H2,(H,21,23). The number of aliphatic hydroxyl groups is 1. The number of carbonyl (C=O) groups is 1. The number of amides is 1. The molecule has 4 heteroatoms. The molecule has 3 aliphatic carbocycles. The van der Waals surface area contributed by atoms with Crippen LogP contribution in [0.25, 0.3) is 0 Å². The molecule has 0 bridgehead atoms. The van der Waals surface area contributed by atoms with Crippen LogP contribution in [0.1, 0.15) is 70.6 Å². The molecule has 0 aromatic rings. The third-order valence-corrected chi connectivity index (χ3v) is 6.80. The van der Waals surface area contributed by atoms with Gasteiger partial charge in [-0.25, -0.2) is 0 Å². The van der Waals surface area contributed by atoms with Crippen molar-refractivity contribution in [3.05, 3.63) is 0 Å². The van der Waals surface area contributed by atoms with Gasteiger partial charge in [-0.2, -0.15) is 0 Å². The van der Waals surface area contributed by atoms with E-state index < -0.39 is 5.60 Å². The average Bonchev–Trinajstić information content (AvgIpc) is 3.45. The van der Waals surface area contributed by atoms with Gasteiger partial charge in [0.15, 0.2) is 0 Å². The van der Waals surface area contributed by atoms with E-state index in [0.29, 0.717) is 29.7 Å². The van der Waals surface area contributed by atoms with E-state index in [1.165, 1.54) is 44.9 Å². The molecule has 0 radical (unpaired) electrons. The number of nitrogens with one attached hydrogen (secondary N) is 1. The number of piperidine rings is 1. The summed E-state index contributed by atoms with van der Waals surface area (Å²) in [6.07, 6.45) is 12.7. The van der Waals surface area contributed by atoms with Crippen molar-refractivity contribution in [3.8, 4) is 0 Å². The van der Waals surface area contributed by atoms with Gasteiger partial charge < -0.3 is 15.3 Å². The number of carbonyl (C=O) groups excluding carboxylic acids is 1. The van der Waals surface area contributed by atoms with Crippen LogP contribution in [0.2, 0.25) is 0 Å². The average molecular weight is 335 g/mol. The second kappa shape index (κ2) is 6.95. The topological polar surface area (TPSA) is 52.6 Å². The number of rotatable bonds is 6. The lowest BCUT2D eigenvalue weighted by Gasteiger charge is -2.40. The first-order chi connectivity index (χ1) is 11.6. The Hall–Kier alpha value is -0.610. The predicted molar refractivity (Wildman–Crippen MR) is 94.6 cm³/mol. The molecule has 0 atom stereocenters. The second-order valence-corrected chi connectivity index (χ2v) is 9.04. The fourth-order valence-corrected chi connectivity index (χ4v) is 5.04.